The minimum atomic E-state index is -0.220. The predicted octanol–water partition coefficient (Wildman–Crippen LogP) is 3.16. The average Bonchev–Trinajstić information content (AvgIpc) is 2.49. The van der Waals surface area contributed by atoms with E-state index in [1.54, 1.807) is 37.3 Å². The fourth-order valence-corrected chi connectivity index (χ4v) is 1.97. The van der Waals surface area contributed by atoms with Crippen LogP contribution >= 0.6 is 0 Å². The first-order valence-electron chi connectivity index (χ1n) is 6.55. The van der Waals surface area contributed by atoms with Crippen molar-refractivity contribution in [3.8, 4) is 11.5 Å². The van der Waals surface area contributed by atoms with Crippen LogP contribution in [0, 0.1) is 6.92 Å². The van der Waals surface area contributed by atoms with Crippen molar-refractivity contribution in [2.45, 2.75) is 13.8 Å². The second-order valence-electron chi connectivity index (χ2n) is 4.72. The molecule has 0 fully saturated rings. The standard InChI is InChI=1S/C17H16O4/c1-11-16(9-8-14(12(2)18)17(11)20)21-10-15(19)13-6-4-3-5-7-13/h3-9,20H,10H2,1-2H3. The second kappa shape index (κ2) is 6.22. The van der Waals surface area contributed by atoms with Crippen molar-refractivity contribution in [3.05, 3.63) is 59.2 Å². The summed E-state index contributed by atoms with van der Waals surface area (Å²) in [6, 6.07) is 11.9. The number of rotatable bonds is 5. The van der Waals surface area contributed by atoms with E-state index in [2.05, 4.69) is 0 Å². The summed E-state index contributed by atoms with van der Waals surface area (Å²) in [6.45, 7) is 2.90. The van der Waals surface area contributed by atoms with Gasteiger partial charge in [0.1, 0.15) is 11.5 Å². The van der Waals surface area contributed by atoms with Gasteiger partial charge in [0.25, 0.3) is 0 Å². The Morgan fingerprint density at radius 2 is 1.76 bits per heavy atom. The van der Waals surface area contributed by atoms with Crippen LogP contribution in [0.5, 0.6) is 11.5 Å². The van der Waals surface area contributed by atoms with E-state index in [1.165, 1.54) is 13.0 Å². The Hall–Kier alpha value is -2.62. The van der Waals surface area contributed by atoms with E-state index in [1.807, 2.05) is 6.07 Å². The van der Waals surface area contributed by atoms with Gasteiger partial charge >= 0.3 is 0 Å². The fourth-order valence-electron chi connectivity index (χ4n) is 1.97. The van der Waals surface area contributed by atoms with Crippen molar-refractivity contribution >= 4 is 11.6 Å². The highest BCUT2D eigenvalue weighted by Gasteiger charge is 2.14. The van der Waals surface area contributed by atoms with Gasteiger partial charge in [-0.1, -0.05) is 30.3 Å². The lowest BCUT2D eigenvalue weighted by atomic mass is 10.1. The quantitative estimate of drug-likeness (QED) is 0.857. The highest BCUT2D eigenvalue weighted by molar-refractivity contribution is 5.98. The number of ether oxygens (including phenoxy) is 1. The number of benzene rings is 2. The molecule has 2 rings (SSSR count). The zero-order valence-electron chi connectivity index (χ0n) is 11.9. The molecule has 0 aromatic heterocycles. The van der Waals surface area contributed by atoms with Crippen LogP contribution in [0.1, 0.15) is 33.2 Å². The Kier molecular flexibility index (Phi) is 4.38. The molecule has 0 heterocycles. The minimum Gasteiger partial charge on any atom is -0.507 e. The van der Waals surface area contributed by atoms with Crippen LogP contribution < -0.4 is 4.74 Å². The number of carbonyl (C=O) groups excluding carboxylic acids is 2. The molecule has 0 bridgehead atoms. The topological polar surface area (TPSA) is 63.6 Å². The van der Waals surface area contributed by atoms with Gasteiger partial charge in [0.15, 0.2) is 18.2 Å². The van der Waals surface area contributed by atoms with Gasteiger partial charge in [-0.05, 0) is 26.0 Å². The molecule has 1 N–H and O–H groups in total. The molecule has 0 aliphatic heterocycles. The van der Waals surface area contributed by atoms with Gasteiger partial charge in [-0.3, -0.25) is 9.59 Å². The monoisotopic (exact) mass is 284 g/mol. The molecule has 0 unspecified atom stereocenters. The van der Waals surface area contributed by atoms with Gasteiger partial charge in [0.2, 0.25) is 0 Å². The van der Waals surface area contributed by atoms with E-state index >= 15 is 0 Å². The van der Waals surface area contributed by atoms with E-state index < -0.39 is 0 Å². The number of Topliss-reactive ketones (excluding diaryl/α,β-unsaturated/α-hetero) is 2. The predicted molar refractivity (Wildman–Crippen MR) is 79.1 cm³/mol. The molecule has 0 radical (unpaired) electrons. The highest BCUT2D eigenvalue weighted by atomic mass is 16.5. The molecule has 0 spiro atoms. The molecule has 4 nitrogen and oxygen atoms in total. The number of aromatic hydroxyl groups is 1. The molecular formula is C17H16O4. The van der Waals surface area contributed by atoms with Crippen molar-refractivity contribution in [2.24, 2.45) is 0 Å². The van der Waals surface area contributed by atoms with Crippen molar-refractivity contribution in [1.29, 1.82) is 0 Å². The first-order valence-corrected chi connectivity index (χ1v) is 6.55. The number of hydrogen-bond acceptors (Lipinski definition) is 4. The molecule has 2 aromatic carbocycles. The normalized spacial score (nSPS) is 10.2. The summed E-state index contributed by atoms with van der Waals surface area (Å²) in [5.41, 5.74) is 1.26. The van der Waals surface area contributed by atoms with E-state index in [4.69, 9.17) is 4.74 Å². The lowest BCUT2D eigenvalue weighted by molar-refractivity contribution is 0.0919. The summed E-state index contributed by atoms with van der Waals surface area (Å²) >= 11 is 0. The third-order valence-corrected chi connectivity index (χ3v) is 3.22. The second-order valence-corrected chi connectivity index (χ2v) is 4.72. The van der Waals surface area contributed by atoms with E-state index in [9.17, 15) is 14.7 Å². The maximum Gasteiger partial charge on any atom is 0.200 e. The Morgan fingerprint density at radius 3 is 2.38 bits per heavy atom. The SMILES string of the molecule is CC(=O)c1ccc(OCC(=O)c2ccccc2)c(C)c1O. The third-order valence-electron chi connectivity index (χ3n) is 3.22. The van der Waals surface area contributed by atoms with Crippen molar-refractivity contribution < 1.29 is 19.4 Å². The molecule has 2 aromatic rings. The van der Waals surface area contributed by atoms with Crippen LogP contribution in [0.3, 0.4) is 0 Å². The van der Waals surface area contributed by atoms with Gasteiger partial charge in [0.05, 0.1) is 5.56 Å². The Morgan fingerprint density at radius 1 is 1.10 bits per heavy atom. The molecule has 21 heavy (non-hydrogen) atoms. The third kappa shape index (κ3) is 3.28. The van der Waals surface area contributed by atoms with Crippen LogP contribution in [0.25, 0.3) is 0 Å². The number of carbonyl (C=O) groups is 2. The van der Waals surface area contributed by atoms with Crippen LogP contribution in [-0.4, -0.2) is 23.3 Å². The van der Waals surface area contributed by atoms with Gasteiger partial charge in [-0.15, -0.1) is 0 Å². The van der Waals surface area contributed by atoms with Gasteiger partial charge < -0.3 is 9.84 Å². The molecule has 0 saturated heterocycles. The lowest BCUT2D eigenvalue weighted by Gasteiger charge is -2.11. The van der Waals surface area contributed by atoms with Crippen molar-refractivity contribution in [2.75, 3.05) is 6.61 Å². The van der Waals surface area contributed by atoms with E-state index in [0.717, 1.165) is 0 Å². The number of ketones is 2. The molecule has 0 saturated carbocycles. The maximum absolute atomic E-state index is 11.9. The molecule has 0 amide bonds. The van der Waals surface area contributed by atoms with E-state index in [0.29, 0.717) is 16.9 Å². The van der Waals surface area contributed by atoms with Gasteiger partial charge in [0, 0.05) is 11.1 Å². The van der Waals surface area contributed by atoms with Gasteiger partial charge in [-0.25, -0.2) is 0 Å². The lowest BCUT2D eigenvalue weighted by Crippen LogP contribution is -2.12. The number of phenolic OH excluding ortho intramolecular Hbond substituents is 1. The maximum atomic E-state index is 11.9. The van der Waals surface area contributed by atoms with Crippen LogP contribution in [-0.2, 0) is 0 Å². The minimum absolute atomic E-state index is 0.104. The summed E-state index contributed by atoms with van der Waals surface area (Å²) in [4.78, 5) is 23.3. The first-order chi connectivity index (χ1) is 10.0. The Balaban J connectivity index is 2.13. The van der Waals surface area contributed by atoms with E-state index in [-0.39, 0.29) is 29.5 Å². The molecule has 108 valence electrons. The summed E-state index contributed by atoms with van der Waals surface area (Å²) < 4.78 is 5.45. The summed E-state index contributed by atoms with van der Waals surface area (Å²) in [5.74, 6) is -0.0819. The van der Waals surface area contributed by atoms with Crippen molar-refractivity contribution in [1.82, 2.24) is 0 Å². The van der Waals surface area contributed by atoms with Gasteiger partial charge in [-0.2, -0.15) is 0 Å². The van der Waals surface area contributed by atoms with Crippen LogP contribution in [0.4, 0.5) is 0 Å². The summed E-state index contributed by atoms with van der Waals surface area (Å²) in [5, 5.41) is 9.95. The fraction of sp³-hybridized carbons (Fsp3) is 0.176. The largest absolute Gasteiger partial charge is 0.507 e. The Bertz CT molecular complexity index is 675. The van der Waals surface area contributed by atoms with Crippen LogP contribution in [0.2, 0.25) is 0 Å². The zero-order chi connectivity index (χ0) is 15.4. The average molecular weight is 284 g/mol. The van der Waals surface area contributed by atoms with Crippen LogP contribution in [0.15, 0.2) is 42.5 Å². The molecule has 0 aliphatic rings. The highest BCUT2D eigenvalue weighted by Crippen LogP contribution is 2.30. The molecule has 0 atom stereocenters. The molecule has 4 heteroatoms. The summed E-state index contributed by atoms with van der Waals surface area (Å²) in [6.07, 6.45) is 0. The molecular weight excluding hydrogens is 268 g/mol. The number of hydrogen-bond donors (Lipinski definition) is 1. The first kappa shape index (κ1) is 14.8. The smallest absolute Gasteiger partial charge is 0.200 e. The Labute approximate surface area is 123 Å². The zero-order valence-corrected chi connectivity index (χ0v) is 11.9. The molecule has 0 aliphatic carbocycles. The summed E-state index contributed by atoms with van der Waals surface area (Å²) in [7, 11) is 0. The van der Waals surface area contributed by atoms with Crippen molar-refractivity contribution in [3.63, 3.8) is 0 Å². The number of phenols is 1.